The lowest BCUT2D eigenvalue weighted by molar-refractivity contribution is -0.137. The second-order valence-corrected chi connectivity index (χ2v) is 6.75. The minimum Gasteiger partial charge on any atom is -0.325 e. The third-order valence-electron chi connectivity index (χ3n) is 4.06. The molecule has 0 unspecified atom stereocenters. The van der Waals surface area contributed by atoms with Crippen LogP contribution in [0.2, 0.25) is 0 Å². The van der Waals surface area contributed by atoms with Crippen molar-refractivity contribution in [2.24, 2.45) is 0 Å². The molecule has 3 rings (SSSR count). The summed E-state index contributed by atoms with van der Waals surface area (Å²) in [4.78, 5) is 15.5. The van der Waals surface area contributed by atoms with Gasteiger partial charge in [0.2, 0.25) is 5.91 Å². The summed E-state index contributed by atoms with van der Waals surface area (Å²) in [5, 5.41) is 4.58. The molecule has 0 spiro atoms. The number of hydrogen-bond acceptors (Lipinski definition) is 3. The van der Waals surface area contributed by atoms with E-state index in [0.29, 0.717) is 0 Å². The molecule has 1 aliphatic rings. The number of rotatable bonds is 4. The number of benzene rings is 1. The SMILES string of the molecule is O=C(CN1CCC[C@@H]1c1cccs1)Nc1cccc(C(F)(F)F)c1. The summed E-state index contributed by atoms with van der Waals surface area (Å²) in [7, 11) is 0. The predicted molar refractivity (Wildman–Crippen MR) is 87.9 cm³/mol. The van der Waals surface area contributed by atoms with Gasteiger partial charge < -0.3 is 5.32 Å². The zero-order valence-electron chi connectivity index (χ0n) is 12.8. The molecular weight excluding hydrogens is 337 g/mol. The van der Waals surface area contributed by atoms with Crippen LogP contribution in [0.1, 0.15) is 29.3 Å². The van der Waals surface area contributed by atoms with Gasteiger partial charge >= 0.3 is 6.18 Å². The first-order valence-corrected chi connectivity index (χ1v) is 8.56. The average molecular weight is 354 g/mol. The summed E-state index contributed by atoms with van der Waals surface area (Å²) in [6.45, 7) is 0.997. The molecule has 7 heteroatoms. The van der Waals surface area contributed by atoms with Gasteiger partial charge in [-0.05, 0) is 49.0 Å². The first-order chi connectivity index (χ1) is 11.4. The lowest BCUT2D eigenvalue weighted by Gasteiger charge is -2.23. The number of nitrogens with zero attached hydrogens (tertiary/aromatic N) is 1. The lowest BCUT2D eigenvalue weighted by atomic mass is 10.2. The third kappa shape index (κ3) is 3.96. The maximum absolute atomic E-state index is 12.7. The maximum atomic E-state index is 12.7. The van der Waals surface area contributed by atoms with Crippen LogP contribution in [0.3, 0.4) is 0 Å². The Balaban J connectivity index is 1.63. The number of likely N-dealkylation sites (tertiary alicyclic amines) is 1. The standard InChI is InChI=1S/C17H17F3N2OS/c18-17(19,20)12-4-1-5-13(10-12)21-16(23)11-22-8-2-6-14(22)15-7-3-9-24-15/h1,3-5,7,9-10,14H,2,6,8,11H2,(H,21,23)/t14-/m1/s1. The Bertz CT molecular complexity index is 700. The maximum Gasteiger partial charge on any atom is 0.416 e. The van der Waals surface area contributed by atoms with E-state index in [1.807, 2.05) is 11.4 Å². The van der Waals surface area contributed by atoms with E-state index in [-0.39, 0.29) is 24.2 Å². The van der Waals surface area contributed by atoms with Gasteiger partial charge in [-0.25, -0.2) is 0 Å². The van der Waals surface area contributed by atoms with E-state index in [1.165, 1.54) is 17.0 Å². The number of halogens is 3. The molecule has 0 saturated carbocycles. The molecule has 1 saturated heterocycles. The molecule has 0 radical (unpaired) electrons. The number of thiophene rings is 1. The van der Waals surface area contributed by atoms with Crippen molar-refractivity contribution in [3.05, 3.63) is 52.2 Å². The number of amides is 1. The highest BCUT2D eigenvalue weighted by molar-refractivity contribution is 7.10. The highest BCUT2D eigenvalue weighted by atomic mass is 32.1. The van der Waals surface area contributed by atoms with E-state index in [0.717, 1.165) is 31.5 Å². The Morgan fingerprint density at radius 1 is 1.29 bits per heavy atom. The summed E-state index contributed by atoms with van der Waals surface area (Å²) < 4.78 is 38.2. The van der Waals surface area contributed by atoms with Crippen molar-refractivity contribution in [3.63, 3.8) is 0 Å². The molecule has 1 N–H and O–H groups in total. The number of carbonyl (C=O) groups excluding carboxylic acids is 1. The lowest BCUT2D eigenvalue weighted by Crippen LogP contribution is -2.32. The number of nitrogens with one attached hydrogen (secondary N) is 1. The molecule has 1 amide bonds. The molecule has 24 heavy (non-hydrogen) atoms. The van der Waals surface area contributed by atoms with Crippen LogP contribution in [-0.4, -0.2) is 23.9 Å². The van der Waals surface area contributed by atoms with E-state index >= 15 is 0 Å². The van der Waals surface area contributed by atoms with Gasteiger partial charge in [-0.3, -0.25) is 9.69 Å². The van der Waals surface area contributed by atoms with Gasteiger partial charge in [0.25, 0.3) is 0 Å². The summed E-state index contributed by atoms with van der Waals surface area (Å²) in [6, 6.07) is 8.97. The van der Waals surface area contributed by atoms with Crippen LogP contribution in [-0.2, 0) is 11.0 Å². The number of carbonyl (C=O) groups is 1. The van der Waals surface area contributed by atoms with Gasteiger partial charge in [0.05, 0.1) is 12.1 Å². The van der Waals surface area contributed by atoms with Gasteiger partial charge in [-0.1, -0.05) is 12.1 Å². The molecule has 3 nitrogen and oxygen atoms in total. The van der Waals surface area contributed by atoms with Crippen molar-refractivity contribution in [1.29, 1.82) is 0 Å². The van der Waals surface area contributed by atoms with E-state index in [1.54, 1.807) is 11.3 Å². The van der Waals surface area contributed by atoms with Crippen molar-refractivity contribution in [1.82, 2.24) is 4.90 Å². The Labute approximate surface area is 142 Å². The molecule has 1 aromatic carbocycles. The van der Waals surface area contributed by atoms with E-state index in [4.69, 9.17) is 0 Å². The molecule has 2 heterocycles. The molecule has 1 aliphatic heterocycles. The topological polar surface area (TPSA) is 32.3 Å². The van der Waals surface area contributed by atoms with E-state index < -0.39 is 11.7 Å². The zero-order chi connectivity index (χ0) is 17.2. The second-order valence-electron chi connectivity index (χ2n) is 5.77. The molecule has 1 atom stereocenters. The smallest absolute Gasteiger partial charge is 0.325 e. The van der Waals surface area contributed by atoms with Crippen molar-refractivity contribution in [2.45, 2.75) is 25.1 Å². The van der Waals surface area contributed by atoms with Crippen LogP contribution in [0, 0.1) is 0 Å². The molecule has 1 fully saturated rings. The predicted octanol–water partition coefficient (Wildman–Crippen LogP) is 4.54. The van der Waals surface area contributed by atoms with Crippen LogP contribution < -0.4 is 5.32 Å². The van der Waals surface area contributed by atoms with Crippen LogP contribution in [0.25, 0.3) is 0 Å². The van der Waals surface area contributed by atoms with Crippen LogP contribution in [0.5, 0.6) is 0 Å². The summed E-state index contributed by atoms with van der Waals surface area (Å²) in [5.74, 6) is -0.294. The third-order valence-corrected chi connectivity index (χ3v) is 5.03. The van der Waals surface area contributed by atoms with Gasteiger partial charge in [-0.15, -0.1) is 11.3 Å². The summed E-state index contributed by atoms with van der Waals surface area (Å²) in [5.41, 5.74) is -0.598. The fraction of sp³-hybridized carbons (Fsp3) is 0.353. The fourth-order valence-corrected chi connectivity index (χ4v) is 3.87. The van der Waals surface area contributed by atoms with Crippen LogP contribution in [0.4, 0.5) is 18.9 Å². The minimum absolute atomic E-state index is 0.168. The minimum atomic E-state index is -4.42. The second kappa shape index (κ2) is 6.94. The molecule has 128 valence electrons. The van der Waals surface area contributed by atoms with Gasteiger partial charge in [0.15, 0.2) is 0 Å². The van der Waals surface area contributed by atoms with Crippen molar-refractivity contribution < 1.29 is 18.0 Å². The quantitative estimate of drug-likeness (QED) is 0.874. The van der Waals surface area contributed by atoms with Crippen molar-refractivity contribution in [2.75, 3.05) is 18.4 Å². The number of alkyl halides is 3. The first-order valence-electron chi connectivity index (χ1n) is 7.68. The zero-order valence-corrected chi connectivity index (χ0v) is 13.7. The first kappa shape index (κ1) is 17.0. The highest BCUT2D eigenvalue weighted by Gasteiger charge is 2.31. The Hall–Kier alpha value is -1.86. The monoisotopic (exact) mass is 354 g/mol. The summed E-state index contributed by atoms with van der Waals surface area (Å²) >= 11 is 1.66. The molecule has 2 aromatic rings. The van der Waals surface area contributed by atoms with Crippen LogP contribution in [0.15, 0.2) is 41.8 Å². The Morgan fingerprint density at radius 2 is 2.12 bits per heavy atom. The molecular formula is C17H17F3N2OS. The van der Waals surface area contributed by atoms with Crippen molar-refractivity contribution in [3.8, 4) is 0 Å². The van der Waals surface area contributed by atoms with Gasteiger partial charge in [0, 0.05) is 16.6 Å². The van der Waals surface area contributed by atoms with E-state index in [2.05, 4.69) is 16.3 Å². The van der Waals surface area contributed by atoms with Crippen LogP contribution >= 0.6 is 11.3 Å². The Morgan fingerprint density at radius 3 is 2.83 bits per heavy atom. The largest absolute Gasteiger partial charge is 0.416 e. The fourth-order valence-electron chi connectivity index (χ4n) is 2.98. The molecule has 0 aliphatic carbocycles. The van der Waals surface area contributed by atoms with Crippen molar-refractivity contribution >= 4 is 22.9 Å². The summed E-state index contributed by atoms with van der Waals surface area (Å²) in [6.07, 6.45) is -2.41. The molecule has 0 bridgehead atoms. The highest BCUT2D eigenvalue weighted by Crippen LogP contribution is 2.34. The number of hydrogen-bond donors (Lipinski definition) is 1. The normalized spacial score (nSPS) is 18.7. The van der Waals surface area contributed by atoms with E-state index in [9.17, 15) is 18.0 Å². The average Bonchev–Trinajstić information content (AvgIpc) is 3.17. The Kier molecular flexibility index (Phi) is 4.91. The number of anilines is 1. The molecule has 1 aromatic heterocycles. The van der Waals surface area contributed by atoms with Gasteiger partial charge in [-0.2, -0.15) is 13.2 Å². The van der Waals surface area contributed by atoms with Gasteiger partial charge in [0.1, 0.15) is 0 Å².